The summed E-state index contributed by atoms with van der Waals surface area (Å²) in [6.45, 7) is 0.197. The highest BCUT2D eigenvalue weighted by Crippen LogP contribution is 2.43. The molecule has 0 fully saturated rings. The van der Waals surface area contributed by atoms with E-state index in [9.17, 15) is 9.59 Å². The summed E-state index contributed by atoms with van der Waals surface area (Å²) in [5.41, 5.74) is 8.74. The van der Waals surface area contributed by atoms with Crippen molar-refractivity contribution in [3.63, 3.8) is 0 Å². The minimum Gasteiger partial charge on any atom is -0.457 e. The number of carbonyl (C=O) groups excluding carboxylic acids is 2. The Morgan fingerprint density at radius 3 is 2.38 bits per heavy atom. The molecule has 9 nitrogen and oxygen atoms in total. The molecule has 2 heterocycles. The Bertz CT molecular complexity index is 1300. The number of hydrazine groups is 1. The molecule has 0 radical (unpaired) electrons. The molecule has 0 saturated carbocycles. The molecule has 1 aliphatic heterocycles. The van der Waals surface area contributed by atoms with Crippen molar-refractivity contribution < 1.29 is 23.7 Å². The van der Waals surface area contributed by atoms with E-state index in [0.717, 1.165) is 22.4 Å². The summed E-state index contributed by atoms with van der Waals surface area (Å²) in [5, 5.41) is 7.60. The van der Waals surface area contributed by atoms with E-state index in [1.54, 1.807) is 11.8 Å². The van der Waals surface area contributed by atoms with Crippen molar-refractivity contribution in [1.82, 2.24) is 21.2 Å². The summed E-state index contributed by atoms with van der Waals surface area (Å²) in [5.74, 6) is 1.55. The number of benzene rings is 3. The Labute approximate surface area is 198 Å². The molecule has 2 amide bonds. The van der Waals surface area contributed by atoms with Crippen LogP contribution in [0.3, 0.4) is 0 Å². The summed E-state index contributed by atoms with van der Waals surface area (Å²) in [6.07, 6.45) is -0.724. The molecule has 5 rings (SSSR count). The summed E-state index contributed by atoms with van der Waals surface area (Å²) in [7, 11) is 0. The Kier molecular flexibility index (Phi) is 6.30. The molecular weight excluding hydrogens is 456 g/mol. The summed E-state index contributed by atoms with van der Waals surface area (Å²) >= 11 is 1.61. The van der Waals surface area contributed by atoms with Gasteiger partial charge in [0.15, 0.2) is 0 Å². The number of hydrogen-bond acceptors (Lipinski definition) is 8. The average Bonchev–Trinajstić information content (AvgIpc) is 3.33. The molecule has 0 aliphatic carbocycles. The zero-order chi connectivity index (χ0) is 23.3. The first-order valence-corrected chi connectivity index (χ1v) is 11.7. The van der Waals surface area contributed by atoms with Crippen LogP contribution in [0.25, 0.3) is 11.0 Å². The zero-order valence-corrected chi connectivity index (χ0v) is 18.7. The number of thioether (sulfide) groups is 1. The van der Waals surface area contributed by atoms with Crippen LogP contribution in [0.5, 0.6) is 11.5 Å². The van der Waals surface area contributed by atoms with Crippen molar-refractivity contribution in [2.75, 3.05) is 12.4 Å². The fourth-order valence-electron chi connectivity index (χ4n) is 3.71. The Hall–Kier alpha value is -4.05. The lowest BCUT2D eigenvalue weighted by Gasteiger charge is -2.27. The van der Waals surface area contributed by atoms with Gasteiger partial charge in [-0.15, -0.1) is 0 Å². The molecule has 1 aromatic heterocycles. The molecular formula is C24H20N4O5S. The van der Waals surface area contributed by atoms with Crippen molar-refractivity contribution in [2.45, 2.75) is 11.7 Å². The minimum atomic E-state index is -0.724. The largest absolute Gasteiger partial charge is 0.457 e. The number of rotatable bonds is 6. The topological polar surface area (TPSA) is 116 Å². The first kappa shape index (κ1) is 21.8. The van der Waals surface area contributed by atoms with Gasteiger partial charge in [0.1, 0.15) is 29.1 Å². The zero-order valence-electron chi connectivity index (χ0n) is 17.9. The lowest BCUT2D eigenvalue weighted by atomic mass is 9.87. The van der Waals surface area contributed by atoms with E-state index >= 15 is 0 Å². The second kappa shape index (κ2) is 9.84. The Morgan fingerprint density at radius 2 is 1.62 bits per heavy atom. The molecule has 0 unspecified atom stereocenters. The van der Waals surface area contributed by atoms with E-state index in [0.29, 0.717) is 28.3 Å². The van der Waals surface area contributed by atoms with Crippen molar-refractivity contribution in [3.05, 3.63) is 83.4 Å². The van der Waals surface area contributed by atoms with Gasteiger partial charge in [0.2, 0.25) is 0 Å². The van der Waals surface area contributed by atoms with Gasteiger partial charge in [0.25, 0.3) is 5.91 Å². The van der Waals surface area contributed by atoms with Crippen molar-refractivity contribution >= 4 is 34.8 Å². The van der Waals surface area contributed by atoms with Crippen LogP contribution in [0.2, 0.25) is 0 Å². The van der Waals surface area contributed by atoms with Crippen molar-refractivity contribution in [2.24, 2.45) is 0 Å². The second-order valence-corrected chi connectivity index (χ2v) is 8.61. The van der Waals surface area contributed by atoms with Crippen LogP contribution in [-0.4, -0.2) is 34.7 Å². The molecule has 1 aliphatic rings. The van der Waals surface area contributed by atoms with Gasteiger partial charge in [-0.1, -0.05) is 42.5 Å². The molecule has 0 saturated heterocycles. The molecule has 2 N–H and O–H groups in total. The normalized spacial score (nSPS) is 12.4. The maximum absolute atomic E-state index is 13.0. The third-order valence-corrected chi connectivity index (χ3v) is 6.27. The molecule has 0 spiro atoms. The van der Waals surface area contributed by atoms with E-state index in [-0.39, 0.29) is 12.5 Å². The van der Waals surface area contributed by atoms with Crippen LogP contribution in [0.4, 0.5) is 4.79 Å². The van der Waals surface area contributed by atoms with Crippen molar-refractivity contribution in [3.8, 4) is 11.5 Å². The average molecular weight is 477 g/mol. The van der Waals surface area contributed by atoms with E-state index in [1.807, 2.05) is 66.7 Å². The van der Waals surface area contributed by atoms with Crippen LogP contribution in [0.1, 0.15) is 22.6 Å². The van der Waals surface area contributed by atoms with Crippen LogP contribution in [0, 0.1) is 0 Å². The van der Waals surface area contributed by atoms with Crippen LogP contribution in [0.15, 0.2) is 71.4 Å². The number of ether oxygens (including phenoxy) is 2. The van der Waals surface area contributed by atoms with E-state index in [2.05, 4.69) is 21.2 Å². The molecule has 0 bridgehead atoms. The Morgan fingerprint density at radius 1 is 0.912 bits per heavy atom. The number of aromatic nitrogens is 2. The first-order chi connectivity index (χ1) is 16.7. The van der Waals surface area contributed by atoms with Crippen LogP contribution < -0.4 is 15.6 Å². The van der Waals surface area contributed by atoms with Gasteiger partial charge in [-0.25, -0.2) is 14.8 Å². The van der Waals surface area contributed by atoms with Crippen LogP contribution in [-0.2, 0) is 15.3 Å². The molecule has 10 heteroatoms. The number of nitrogens with zero attached hydrogens (tertiary/aromatic N) is 2. The number of hydrogen-bond donors (Lipinski definition) is 2. The third kappa shape index (κ3) is 4.67. The second-order valence-electron chi connectivity index (χ2n) is 7.50. The summed E-state index contributed by atoms with van der Waals surface area (Å²) in [6, 6.07) is 20.4. The van der Waals surface area contributed by atoms with Gasteiger partial charge in [-0.3, -0.25) is 10.2 Å². The number of carbonyl (C=O) groups is 2. The predicted molar refractivity (Wildman–Crippen MR) is 125 cm³/mol. The predicted octanol–water partition coefficient (Wildman–Crippen LogP) is 4.15. The van der Waals surface area contributed by atoms with Gasteiger partial charge in [0.05, 0.1) is 5.92 Å². The highest BCUT2D eigenvalue weighted by Gasteiger charge is 2.32. The highest BCUT2D eigenvalue weighted by atomic mass is 32.2. The van der Waals surface area contributed by atoms with Gasteiger partial charge >= 0.3 is 6.09 Å². The van der Waals surface area contributed by atoms with E-state index < -0.39 is 12.0 Å². The number of amides is 2. The van der Waals surface area contributed by atoms with Crippen molar-refractivity contribution in [1.29, 1.82) is 0 Å². The lowest BCUT2D eigenvalue weighted by molar-refractivity contribution is -0.122. The van der Waals surface area contributed by atoms with Crippen LogP contribution >= 0.6 is 11.8 Å². The summed E-state index contributed by atoms with van der Waals surface area (Å²) < 4.78 is 15.8. The molecule has 0 atom stereocenters. The standard InChI is InChI=1S/C24H20N4O5S/c29-23(22-16-5-1-3-7-20(16)32-21-8-4-2-6-17(21)22)25-26-24(30)31-11-12-34-14-15-9-10-18-19(13-15)28-33-27-18/h1-10,13,22H,11-12,14H2,(H,25,29)(H,26,30). The fourth-order valence-corrected chi connectivity index (χ4v) is 4.47. The minimum absolute atomic E-state index is 0.197. The molecule has 34 heavy (non-hydrogen) atoms. The monoisotopic (exact) mass is 476 g/mol. The highest BCUT2D eigenvalue weighted by molar-refractivity contribution is 7.98. The van der Waals surface area contributed by atoms with Gasteiger partial charge in [0, 0.05) is 22.6 Å². The maximum atomic E-state index is 13.0. The molecule has 3 aromatic carbocycles. The smallest absolute Gasteiger partial charge is 0.426 e. The Balaban J connectivity index is 1.09. The SMILES string of the molecule is O=C(NNC(=O)C1c2ccccc2Oc2ccccc21)OCCSCc1ccc2nonc2c1. The number of para-hydroxylation sites is 2. The summed E-state index contributed by atoms with van der Waals surface area (Å²) in [4.78, 5) is 25.0. The maximum Gasteiger partial charge on any atom is 0.426 e. The fraction of sp³-hybridized carbons (Fsp3) is 0.167. The van der Waals surface area contributed by atoms with E-state index in [4.69, 9.17) is 14.1 Å². The van der Waals surface area contributed by atoms with Gasteiger partial charge < -0.3 is 9.47 Å². The van der Waals surface area contributed by atoms with E-state index in [1.165, 1.54) is 0 Å². The molecule has 172 valence electrons. The third-order valence-electron chi connectivity index (χ3n) is 5.28. The number of nitrogens with one attached hydrogen (secondary N) is 2. The number of fused-ring (bicyclic) bond motifs is 3. The van der Waals surface area contributed by atoms with Gasteiger partial charge in [-0.05, 0) is 40.1 Å². The lowest BCUT2D eigenvalue weighted by Crippen LogP contribution is -2.45. The molecule has 4 aromatic rings. The van der Waals surface area contributed by atoms with Gasteiger partial charge in [-0.2, -0.15) is 11.8 Å². The quantitative estimate of drug-likeness (QED) is 0.315. The first-order valence-electron chi connectivity index (χ1n) is 10.6.